The van der Waals surface area contributed by atoms with E-state index in [1.165, 1.54) is 64.2 Å². The molecule has 0 fully saturated rings. The molecule has 0 aliphatic rings. The lowest BCUT2D eigenvalue weighted by Gasteiger charge is -2.21. The van der Waals surface area contributed by atoms with E-state index in [4.69, 9.17) is 37.0 Å². The fraction of sp³-hybridized carbons (Fsp3) is 0.711. The first-order chi connectivity index (χ1) is 49.7. The van der Waals surface area contributed by atoms with Crippen LogP contribution < -0.4 is 0 Å². The molecule has 0 aliphatic heterocycles. The molecule has 0 rings (SSSR count). The van der Waals surface area contributed by atoms with Gasteiger partial charge in [0.25, 0.3) is 0 Å². The Morgan fingerprint density at radius 3 is 0.824 bits per heavy atom. The van der Waals surface area contributed by atoms with Crippen LogP contribution in [0.25, 0.3) is 0 Å². The molecule has 19 heteroatoms. The number of esters is 4. The van der Waals surface area contributed by atoms with Gasteiger partial charge in [-0.2, -0.15) is 0 Å². The SMILES string of the molecule is CC/C=C\C/C=C\C/C=C\C/C=C\CCCCCCCCC(=O)OCC(COP(=O)(O)OCC(O)COP(=O)(O)OCC(COC(=O)CCCCCCC/C=C\CCCCCCCC)OC(=O)CCCCCCC/C=C\CCCCCC)OC(=O)CCCC/C=C\C/C=C\C/C=C\C/C=C\CC. The number of allylic oxidation sites excluding steroid dienone is 20. The molecule has 5 atom stereocenters. The van der Waals surface area contributed by atoms with E-state index in [1.807, 2.05) is 0 Å². The van der Waals surface area contributed by atoms with Crippen LogP contribution in [0.5, 0.6) is 0 Å². The molecule has 0 amide bonds. The summed E-state index contributed by atoms with van der Waals surface area (Å²) in [5, 5.41) is 10.6. The molecule has 0 saturated carbocycles. The number of phosphoric ester groups is 2. The van der Waals surface area contributed by atoms with E-state index in [-0.39, 0.29) is 25.7 Å². The third-order valence-corrected chi connectivity index (χ3v) is 18.3. The van der Waals surface area contributed by atoms with E-state index < -0.39 is 97.5 Å². The quantitative estimate of drug-likeness (QED) is 0.0169. The van der Waals surface area contributed by atoms with Gasteiger partial charge < -0.3 is 33.8 Å². The first kappa shape index (κ1) is 97.5. The van der Waals surface area contributed by atoms with Gasteiger partial charge in [-0.1, -0.05) is 265 Å². The molecule has 586 valence electrons. The van der Waals surface area contributed by atoms with Crippen molar-refractivity contribution in [2.75, 3.05) is 39.6 Å². The zero-order chi connectivity index (χ0) is 74.6. The molecule has 5 unspecified atom stereocenters. The maximum Gasteiger partial charge on any atom is 0.472 e. The van der Waals surface area contributed by atoms with Crippen molar-refractivity contribution in [1.29, 1.82) is 0 Å². The van der Waals surface area contributed by atoms with Gasteiger partial charge in [0, 0.05) is 25.7 Å². The maximum absolute atomic E-state index is 13.1. The summed E-state index contributed by atoms with van der Waals surface area (Å²) in [5.41, 5.74) is 0. The molecular formula is C83H142O17P2. The molecule has 0 radical (unpaired) electrons. The number of phosphoric acid groups is 2. The summed E-state index contributed by atoms with van der Waals surface area (Å²) in [6, 6.07) is 0. The van der Waals surface area contributed by atoms with Crippen molar-refractivity contribution in [3.05, 3.63) is 122 Å². The molecule has 0 saturated heterocycles. The molecule has 3 N–H and O–H groups in total. The van der Waals surface area contributed by atoms with Crippen LogP contribution in [0.1, 0.15) is 323 Å². The van der Waals surface area contributed by atoms with Crippen LogP contribution in [0.2, 0.25) is 0 Å². The van der Waals surface area contributed by atoms with Gasteiger partial charge in [-0.25, -0.2) is 9.13 Å². The monoisotopic (exact) mass is 1470 g/mol. The van der Waals surface area contributed by atoms with Crippen LogP contribution in [-0.2, 0) is 65.4 Å². The smallest absolute Gasteiger partial charge is 0.462 e. The number of hydrogen-bond acceptors (Lipinski definition) is 15. The molecule has 0 aromatic heterocycles. The third kappa shape index (κ3) is 73.8. The van der Waals surface area contributed by atoms with E-state index in [0.29, 0.717) is 32.1 Å². The summed E-state index contributed by atoms with van der Waals surface area (Å²) in [7, 11) is -9.98. The topological polar surface area (TPSA) is 237 Å². The van der Waals surface area contributed by atoms with Gasteiger partial charge in [0.1, 0.15) is 19.3 Å². The molecule has 0 heterocycles. The minimum Gasteiger partial charge on any atom is -0.462 e. The summed E-state index contributed by atoms with van der Waals surface area (Å²) < 4.78 is 68.5. The van der Waals surface area contributed by atoms with Crippen molar-refractivity contribution in [1.82, 2.24) is 0 Å². The zero-order valence-corrected chi connectivity index (χ0v) is 65.8. The van der Waals surface area contributed by atoms with Gasteiger partial charge in [0.2, 0.25) is 0 Å². The maximum atomic E-state index is 13.1. The Morgan fingerprint density at radius 1 is 0.284 bits per heavy atom. The average molecular weight is 1470 g/mol. The van der Waals surface area contributed by atoms with E-state index in [0.717, 1.165) is 173 Å². The van der Waals surface area contributed by atoms with E-state index >= 15 is 0 Å². The summed E-state index contributed by atoms with van der Waals surface area (Å²) in [4.78, 5) is 73.0. The van der Waals surface area contributed by atoms with Gasteiger partial charge in [-0.05, 0) is 154 Å². The average Bonchev–Trinajstić information content (AvgIpc) is 0.924. The Bertz CT molecular complexity index is 2410. The lowest BCUT2D eigenvalue weighted by atomic mass is 10.1. The molecule has 0 aliphatic carbocycles. The van der Waals surface area contributed by atoms with Crippen molar-refractivity contribution in [2.45, 2.75) is 341 Å². The molecule has 0 bridgehead atoms. The van der Waals surface area contributed by atoms with Crippen molar-refractivity contribution in [3.8, 4) is 0 Å². The summed E-state index contributed by atoms with van der Waals surface area (Å²) in [5.74, 6) is -2.25. The Morgan fingerprint density at radius 2 is 0.510 bits per heavy atom. The molecule has 102 heavy (non-hydrogen) atoms. The Balaban J connectivity index is 5.39. The third-order valence-electron chi connectivity index (χ3n) is 16.4. The summed E-state index contributed by atoms with van der Waals surface area (Å²) in [6.07, 6.45) is 81.8. The van der Waals surface area contributed by atoms with Crippen LogP contribution in [0.4, 0.5) is 0 Å². The van der Waals surface area contributed by atoms with Crippen LogP contribution in [0.3, 0.4) is 0 Å². The second-order valence-corrected chi connectivity index (χ2v) is 29.1. The zero-order valence-electron chi connectivity index (χ0n) is 64.0. The van der Waals surface area contributed by atoms with E-state index in [2.05, 4.69) is 149 Å². The number of hydrogen-bond donors (Lipinski definition) is 3. The van der Waals surface area contributed by atoms with E-state index in [1.54, 1.807) is 0 Å². The van der Waals surface area contributed by atoms with Crippen molar-refractivity contribution >= 4 is 39.5 Å². The molecular weight excluding hydrogens is 1330 g/mol. The van der Waals surface area contributed by atoms with Gasteiger partial charge in [0.15, 0.2) is 12.2 Å². The van der Waals surface area contributed by atoms with Gasteiger partial charge >= 0.3 is 39.5 Å². The van der Waals surface area contributed by atoms with Crippen molar-refractivity contribution in [3.63, 3.8) is 0 Å². The number of aliphatic hydroxyl groups is 1. The standard InChI is InChI=1S/C83H142O17P2/c1-5-9-13-17-21-25-29-33-36-37-38-39-42-45-48-52-56-60-64-68-81(86)94-74-79(100-83(88)70-66-62-58-54-50-46-41-35-31-27-23-19-15-11-7-3)76-98-102(91,92)96-72-77(84)71-95-101(89,90)97-75-78(99-82(87)69-65-61-57-53-49-43-32-28-24-20-16-12-8-4)73-93-80(85)67-63-59-55-51-47-44-40-34-30-26-22-18-14-10-6-2/h9,11,13,15,21,23,25,27-28,32-36,38-41,50,54,77-79,84H,5-8,10,12,14,16-20,22,24,26,29-31,37,42-49,51-53,55-76H2,1-4H3,(H,89,90)(H,91,92)/b13-9-,15-11-,25-21-,27-23-,32-28-,36-33-,39-38-,40-34-,41-35-,54-50-. The van der Waals surface area contributed by atoms with Crippen molar-refractivity contribution < 1.29 is 80.2 Å². The molecule has 0 aromatic carbocycles. The molecule has 17 nitrogen and oxygen atoms in total. The Kier molecular flexibility index (Phi) is 71.4. The van der Waals surface area contributed by atoms with Crippen LogP contribution >= 0.6 is 15.6 Å². The second-order valence-electron chi connectivity index (χ2n) is 26.2. The normalized spacial score (nSPS) is 14.5. The lowest BCUT2D eigenvalue weighted by Crippen LogP contribution is -2.30. The number of rotatable bonds is 74. The molecule has 0 aromatic rings. The number of ether oxygens (including phenoxy) is 4. The minimum absolute atomic E-state index is 0.0367. The largest absolute Gasteiger partial charge is 0.472 e. The molecule has 0 spiro atoms. The highest BCUT2D eigenvalue weighted by molar-refractivity contribution is 7.47. The van der Waals surface area contributed by atoms with Crippen LogP contribution in [0.15, 0.2) is 122 Å². The van der Waals surface area contributed by atoms with Crippen LogP contribution in [-0.4, -0.2) is 96.7 Å². The minimum atomic E-state index is -4.99. The number of carbonyl (C=O) groups excluding carboxylic acids is 4. The van der Waals surface area contributed by atoms with Gasteiger partial charge in [-0.15, -0.1) is 0 Å². The Labute approximate surface area is 619 Å². The first-order valence-electron chi connectivity index (χ1n) is 39.8. The van der Waals surface area contributed by atoms with Gasteiger partial charge in [0.05, 0.1) is 26.4 Å². The number of aliphatic hydroxyl groups excluding tert-OH is 1. The predicted molar refractivity (Wildman–Crippen MR) is 418 cm³/mol. The predicted octanol–water partition coefficient (Wildman–Crippen LogP) is 23.1. The fourth-order valence-corrected chi connectivity index (χ4v) is 11.9. The highest BCUT2D eigenvalue weighted by Gasteiger charge is 2.30. The fourth-order valence-electron chi connectivity index (χ4n) is 10.4. The number of unbranched alkanes of at least 4 members (excludes halogenated alkanes) is 28. The Hall–Kier alpha value is -4.54. The van der Waals surface area contributed by atoms with E-state index in [9.17, 15) is 43.2 Å². The van der Waals surface area contributed by atoms with Gasteiger partial charge in [-0.3, -0.25) is 37.3 Å². The summed E-state index contributed by atoms with van der Waals surface area (Å²) >= 11 is 0. The first-order valence-corrected chi connectivity index (χ1v) is 42.8. The summed E-state index contributed by atoms with van der Waals surface area (Å²) in [6.45, 7) is 4.56. The highest BCUT2D eigenvalue weighted by Crippen LogP contribution is 2.45. The number of carbonyl (C=O) groups is 4. The van der Waals surface area contributed by atoms with Crippen LogP contribution in [0, 0.1) is 0 Å². The lowest BCUT2D eigenvalue weighted by molar-refractivity contribution is -0.161. The second kappa shape index (κ2) is 74.7. The highest BCUT2D eigenvalue weighted by atomic mass is 31.2. The van der Waals surface area contributed by atoms with Crippen molar-refractivity contribution in [2.24, 2.45) is 0 Å².